The van der Waals surface area contributed by atoms with Crippen molar-refractivity contribution >= 4 is 26.7 Å². The number of aromatic nitrogens is 1. The third-order valence-corrected chi connectivity index (χ3v) is 4.66. The highest BCUT2D eigenvalue weighted by molar-refractivity contribution is 7.22. The number of aliphatic hydroxyl groups is 1. The van der Waals surface area contributed by atoms with E-state index in [2.05, 4.69) is 30.0 Å². The second kappa shape index (κ2) is 4.86. The Bertz CT molecular complexity index is 544. The van der Waals surface area contributed by atoms with Gasteiger partial charge < -0.3 is 10.0 Å². The average molecular weight is 262 g/mol. The third kappa shape index (κ3) is 2.22. The maximum atomic E-state index is 9.54. The van der Waals surface area contributed by atoms with Crippen LogP contribution >= 0.6 is 11.3 Å². The topological polar surface area (TPSA) is 36.4 Å². The first-order valence-electron chi connectivity index (χ1n) is 6.58. The molecular formula is C14H18N2OS. The van der Waals surface area contributed by atoms with Gasteiger partial charge in [0.25, 0.3) is 0 Å². The number of hydrogen-bond acceptors (Lipinski definition) is 4. The Morgan fingerprint density at radius 2 is 2.17 bits per heavy atom. The second-order valence-corrected chi connectivity index (χ2v) is 5.88. The van der Waals surface area contributed by atoms with Gasteiger partial charge in [-0.2, -0.15) is 0 Å². The number of piperidine rings is 1. The highest BCUT2D eigenvalue weighted by Crippen LogP contribution is 2.31. The van der Waals surface area contributed by atoms with Crippen molar-refractivity contribution in [2.45, 2.75) is 32.3 Å². The van der Waals surface area contributed by atoms with Crippen molar-refractivity contribution in [3.8, 4) is 0 Å². The smallest absolute Gasteiger partial charge is 0.186 e. The van der Waals surface area contributed by atoms with Gasteiger partial charge in [-0.05, 0) is 37.0 Å². The van der Waals surface area contributed by atoms with Gasteiger partial charge in [0.15, 0.2) is 5.13 Å². The van der Waals surface area contributed by atoms with Crippen LogP contribution < -0.4 is 4.90 Å². The predicted octanol–water partition coefficient (Wildman–Crippen LogP) is 2.82. The first-order chi connectivity index (χ1) is 8.76. The standard InChI is InChI=1S/C14H18N2OS/c1-2-10-3-4-12-13(9-10)18-14(15-12)16-7-5-11(17)6-8-16/h3-4,9,11,17H,2,5-8H2,1H3. The van der Waals surface area contributed by atoms with Crippen LogP contribution in [-0.2, 0) is 6.42 Å². The molecule has 2 heterocycles. The van der Waals surface area contributed by atoms with Crippen molar-refractivity contribution in [3.05, 3.63) is 23.8 Å². The maximum Gasteiger partial charge on any atom is 0.186 e. The fourth-order valence-corrected chi connectivity index (χ4v) is 3.45. The number of rotatable bonds is 2. The minimum atomic E-state index is -0.123. The molecule has 0 unspecified atom stereocenters. The summed E-state index contributed by atoms with van der Waals surface area (Å²) in [5.41, 5.74) is 2.46. The van der Waals surface area contributed by atoms with Gasteiger partial charge in [0, 0.05) is 13.1 Å². The van der Waals surface area contributed by atoms with Gasteiger partial charge in [-0.25, -0.2) is 4.98 Å². The largest absolute Gasteiger partial charge is 0.393 e. The first kappa shape index (κ1) is 11.9. The number of hydrogen-bond donors (Lipinski definition) is 1. The van der Waals surface area contributed by atoms with Crippen LogP contribution in [0.15, 0.2) is 18.2 Å². The van der Waals surface area contributed by atoms with Crippen LogP contribution in [0.25, 0.3) is 10.2 Å². The minimum Gasteiger partial charge on any atom is -0.393 e. The summed E-state index contributed by atoms with van der Waals surface area (Å²) in [6, 6.07) is 6.52. The van der Waals surface area contributed by atoms with E-state index in [1.54, 1.807) is 11.3 Å². The van der Waals surface area contributed by atoms with Crippen LogP contribution in [0.1, 0.15) is 25.3 Å². The highest BCUT2D eigenvalue weighted by Gasteiger charge is 2.19. The van der Waals surface area contributed by atoms with E-state index in [0.29, 0.717) is 0 Å². The molecule has 1 saturated heterocycles. The molecule has 3 rings (SSSR count). The molecule has 4 heteroatoms. The van der Waals surface area contributed by atoms with Crippen LogP contribution in [0, 0.1) is 0 Å². The Hall–Kier alpha value is -1.13. The monoisotopic (exact) mass is 262 g/mol. The van der Waals surface area contributed by atoms with E-state index in [4.69, 9.17) is 4.98 Å². The number of fused-ring (bicyclic) bond motifs is 1. The Balaban J connectivity index is 1.88. The van der Waals surface area contributed by atoms with Crippen molar-refractivity contribution in [2.75, 3.05) is 18.0 Å². The molecule has 1 aromatic carbocycles. The molecule has 1 fully saturated rings. The number of anilines is 1. The number of aliphatic hydroxyl groups excluding tert-OH is 1. The van der Waals surface area contributed by atoms with Crippen molar-refractivity contribution in [1.82, 2.24) is 4.98 Å². The molecular weight excluding hydrogens is 244 g/mol. The summed E-state index contributed by atoms with van der Waals surface area (Å²) in [5.74, 6) is 0. The molecule has 0 atom stereocenters. The van der Waals surface area contributed by atoms with Gasteiger partial charge >= 0.3 is 0 Å². The van der Waals surface area contributed by atoms with E-state index in [0.717, 1.165) is 43.0 Å². The summed E-state index contributed by atoms with van der Waals surface area (Å²) >= 11 is 1.77. The number of aryl methyl sites for hydroxylation is 1. The Labute approximate surface area is 111 Å². The molecule has 2 aromatic rings. The van der Waals surface area contributed by atoms with E-state index in [1.165, 1.54) is 10.3 Å². The molecule has 0 aliphatic carbocycles. The summed E-state index contributed by atoms with van der Waals surface area (Å²) in [4.78, 5) is 6.99. The van der Waals surface area contributed by atoms with E-state index < -0.39 is 0 Å². The highest BCUT2D eigenvalue weighted by atomic mass is 32.1. The molecule has 1 aliphatic rings. The summed E-state index contributed by atoms with van der Waals surface area (Å²) in [7, 11) is 0. The fraction of sp³-hybridized carbons (Fsp3) is 0.500. The third-order valence-electron chi connectivity index (χ3n) is 3.58. The lowest BCUT2D eigenvalue weighted by Crippen LogP contribution is -2.35. The van der Waals surface area contributed by atoms with Crippen LogP contribution in [0.5, 0.6) is 0 Å². The van der Waals surface area contributed by atoms with Gasteiger partial charge in [-0.1, -0.05) is 24.3 Å². The van der Waals surface area contributed by atoms with Crippen LogP contribution in [0.2, 0.25) is 0 Å². The molecule has 1 aromatic heterocycles. The zero-order valence-electron chi connectivity index (χ0n) is 10.6. The Morgan fingerprint density at radius 1 is 1.39 bits per heavy atom. The average Bonchev–Trinajstić information content (AvgIpc) is 2.82. The zero-order chi connectivity index (χ0) is 12.5. The molecule has 96 valence electrons. The van der Waals surface area contributed by atoms with Crippen molar-refractivity contribution in [3.63, 3.8) is 0 Å². The normalized spacial score (nSPS) is 17.6. The summed E-state index contributed by atoms with van der Waals surface area (Å²) < 4.78 is 1.27. The number of nitrogens with zero attached hydrogens (tertiary/aromatic N) is 2. The van der Waals surface area contributed by atoms with Gasteiger partial charge in [0.05, 0.1) is 16.3 Å². The van der Waals surface area contributed by atoms with E-state index in [-0.39, 0.29) is 6.10 Å². The van der Waals surface area contributed by atoms with Crippen LogP contribution in [0.4, 0.5) is 5.13 Å². The minimum absolute atomic E-state index is 0.123. The number of thiazole rings is 1. The van der Waals surface area contributed by atoms with Gasteiger partial charge in [0.1, 0.15) is 0 Å². The SMILES string of the molecule is CCc1ccc2nc(N3CCC(O)CC3)sc2c1. The molecule has 1 aliphatic heterocycles. The second-order valence-electron chi connectivity index (χ2n) is 4.87. The Morgan fingerprint density at radius 3 is 2.89 bits per heavy atom. The van der Waals surface area contributed by atoms with E-state index >= 15 is 0 Å². The summed E-state index contributed by atoms with van der Waals surface area (Å²) in [6.07, 6.45) is 2.66. The number of benzene rings is 1. The molecule has 3 nitrogen and oxygen atoms in total. The van der Waals surface area contributed by atoms with Gasteiger partial charge in [-0.3, -0.25) is 0 Å². The zero-order valence-corrected chi connectivity index (χ0v) is 11.4. The van der Waals surface area contributed by atoms with E-state index in [9.17, 15) is 5.11 Å². The fourth-order valence-electron chi connectivity index (χ4n) is 2.37. The molecule has 0 saturated carbocycles. The lowest BCUT2D eigenvalue weighted by Gasteiger charge is -2.28. The van der Waals surface area contributed by atoms with Crippen molar-refractivity contribution in [2.24, 2.45) is 0 Å². The van der Waals surface area contributed by atoms with Gasteiger partial charge in [-0.15, -0.1) is 0 Å². The first-order valence-corrected chi connectivity index (χ1v) is 7.40. The molecule has 18 heavy (non-hydrogen) atoms. The van der Waals surface area contributed by atoms with Crippen LogP contribution in [0.3, 0.4) is 0 Å². The lowest BCUT2D eigenvalue weighted by molar-refractivity contribution is 0.145. The molecule has 1 N–H and O–H groups in total. The van der Waals surface area contributed by atoms with Crippen molar-refractivity contribution in [1.29, 1.82) is 0 Å². The lowest BCUT2D eigenvalue weighted by atomic mass is 10.1. The molecule has 0 spiro atoms. The summed E-state index contributed by atoms with van der Waals surface area (Å²) in [5, 5.41) is 10.6. The molecule has 0 amide bonds. The van der Waals surface area contributed by atoms with E-state index in [1.807, 2.05) is 0 Å². The quantitative estimate of drug-likeness (QED) is 0.904. The predicted molar refractivity (Wildman–Crippen MR) is 76.5 cm³/mol. The molecule has 0 radical (unpaired) electrons. The maximum absolute atomic E-state index is 9.54. The van der Waals surface area contributed by atoms with Crippen LogP contribution in [-0.4, -0.2) is 29.3 Å². The van der Waals surface area contributed by atoms with Gasteiger partial charge in [0.2, 0.25) is 0 Å². The summed E-state index contributed by atoms with van der Waals surface area (Å²) in [6.45, 7) is 4.01. The Kier molecular flexibility index (Phi) is 3.22. The molecule has 0 bridgehead atoms. The van der Waals surface area contributed by atoms with Crippen molar-refractivity contribution < 1.29 is 5.11 Å².